The average Bonchev–Trinajstić information content (AvgIpc) is 2.24. The number of alkyl halides is 3. The van der Waals surface area contributed by atoms with Crippen LogP contribution in [-0.2, 0) is 14.4 Å². The Hall–Kier alpha value is -1.80. The van der Waals surface area contributed by atoms with Crippen LogP contribution in [-0.4, -0.2) is 54.1 Å². The zero-order valence-corrected chi connectivity index (χ0v) is 10.3. The summed E-state index contributed by atoms with van der Waals surface area (Å²) >= 11 is 0. The molecule has 0 aromatic heterocycles. The molecule has 0 radical (unpaired) electrons. The summed E-state index contributed by atoms with van der Waals surface area (Å²) in [6.07, 6.45) is -4.64. The van der Waals surface area contributed by atoms with E-state index in [1.807, 2.05) is 0 Å². The molecule has 0 saturated carbocycles. The number of carboxylic acid groups (broad SMARTS) is 1. The van der Waals surface area contributed by atoms with Crippen molar-refractivity contribution in [1.29, 1.82) is 0 Å². The highest BCUT2D eigenvalue weighted by atomic mass is 19.4. The Morgan fingerprint density at radius 3 is 2.26 bits per heavy atom. The largest absolute Gasteiger partial charge is 0.481 e. The minimum Gasteiger partial charge on any atom is -0.481 e. The fourth-order valence-corrected chi connectivity index (χ4v) is 1.14. The third-order valence-corrected chi connectivity index (χ3v) is 2.07. The Labute approximate surface area is 107 Å². The maximum atomic E-state index is 11.8. The lowest BCUT2D eigenvalue weighted by Gasteiger charge is -2.17. The topological polar surface area (TPSA) is 86.7 Å². The van der Waals surface area contributed by atoms with Crippen LogP contribution in [0.1, 0.15) is 19.3 Å². The SMILES string of the molecule is CN(CC(=O)NCC(F)(F)F)C(=O)CCCC(=O)O. The lowest BCUT2D eigenvalue weighted by molar-refractivity contribution is -0.141. The average molecular weight is 284 g/mol. The van der Waals surface area contributed by atoms with Crippen molar-refractivity contribution in [2.45, 2.75) is 25.4 Å². The van der Waals surface area contributed by atoms with Crippen LogP contribution < -0.4 is 5.32 Å². The van der Waals surface area contributed by atoms with Crippen LogP contribution in [0.25, 0.3) is 0 Å². The molecule has 2 amide bonds. The van der Waals surface area contributed by atoms with E-state index in [2.05, 4.69) is 0 Å². The van der Waals surface area contributed by atoms with Gasteiger partial charge in [0.2, 0.25) is 11.8 Å². The number of halogens is 3. The molecular formula is C10H15F3N2O4. The molecule has 0 unspecified atom stereocenters. The number of carbonyl (C=O) groups excluding carboxylic acids is 2. The van der Waals surface area contributed by atoms with Gasteiger partial charge in [-0.05, 0) is 6.42 Å². The van der Waals surface area contributed by atoms with Gasteiger partial charge in [0.05, 0.1) is 6.54 Å². The van der Waals surface area contributed by atoms with E-state index in [9.17, 15) is 27.6 Å². The molecule has 0 aromatic carbocycles. The summed E-state index contributed by atoms with van der Waals surface area (Å²) in [6.45, 7) is -1.95. The number of aliphatic carboxylic acids is 1. The predicted molar refractivity (Wildman–Crippen MR) is 58.2 cm³/mol. The molecule has 0 aromatic rings. The monoisotopic (exact) mass is 284 g/mol. The summed E-state index contributed by atoms with van der Waals surface area (Å²) in [6, 6.07) is 0. The number of nitrogens with one attached hydrogen (secondary N) is 1. The Bertz CT molecular complexity index is 344. The van der Waals surface area contributed by atoms with Crippen LogP contribution >= 0.6 is 0 Å². The van der Waals surface area contributed by atoms with Gasteiger partial charge in [-0.1, -0.05) is 0 Å². The normalized spacial score (nSPS) is 10.9. The van der Waals surface area contributed by atoms with Gasteiger partial charge >= 0.3 is 12.1 Å². The maximum Gasteiger partial charge on any atom is 0.405 e. The van der Waals surface area contributed by atoms with E-state index in [-0.39, 0.29) is 19.3 Å². The second-order valence-corrected chi connectivity index (χ2v) is 3.89. The van der Waals surface area contributed by atoms with E-state index in [0.717, 1.165) is 4.90 Å². The molecular weight excluding hydrogens is 269 g/mol. The predicted octanol–water partition coefficient (Wildman–Crippen LogP) is 0.378. The number of carbonyl (C=O) groups is 3. The van der Waals surface area contributed by atoms with Crippen LogP contribution in [0.3, 0.4) is 0 Å². The Morgan fingerprint density at radius 1 is 1.21 bits per heavy atom. The van der Waals surface area contributed by atoms with E-state index < -0.39 is 37.0 Å². The molecule has 9 heteroatoms. The van der Waals surface area contributed by atoms with Crippen molar-refractivity contribution in [1.82, 2.24) is 10.2 Å². The first-order chi connectivity index (χ1) is 8.61. The van der Waals surface area contributed by atoms with E-state index in [1.165, 1.54) is 7.05 Å². The number of nitrogens with zero attached hydrogens (tertiary/aromatic N) is 1. The van der Waals surface area contributed by atoms with Gasteiger partial charge in [-0.15, -0.1) is 0 Å². The third kappa shape index (κ3) is 9.86. The van der Waals surface area contributed by atoms with Gasteiger partial charge in [-0.2, -0.15) is 13.2 Å². The fraction of sp³-hybridized carbons (Fsp3) is 0.700. The maximum absolute atomic E-state index is 11.8. The van der Waals surface area contributed by atoms with Gasteiger partial charge in [-0.3, -0.25) is 14.4 Å². The van der Waals surface area contributed by atoms with Crippen LogP contribution in [0.15, 0.2) is 0 Å². The number of amides is 2. The highest BCUT2D eigenvalue weighted by Crippen LogP contribution is 2.12. The second-order valence-electron chi connectivity index (χ2n) is 3.89. The van der Waals surface area contributed by atoms with E-state index in [0.29, 0.717) is 0 Å². The first kappa shape index (κ1) is 17.2. The minimum absolute atomic E-state index is 0.0741. The third-order valence-electron chi connectivity index (χ3n) is 2.07. The molecule has 0 aliphatic carbocycles. The van der Waals surface area contributed by atoms with E-state index >= 15 is 0 Å². The van der Waals surface area contributed by atoms with E-state index in [4.69, 9.17) is 5.11 Å². The number of rotatable bonds is 7. The molecule has 0 aliphatic heterocycles. The summed E-state index contributed by atoms with van der Waals surface area (Å²) < 4.78 is 35.4. The molecule has 0 rings (SSSR count). The van der Waals surface area contributed by atoms with Gasteiger partial charge in [0.15, 0.2) is 0 Å². The molecule has 0 bridgehead atoms. The molecule has 0 aliphatic rings. The van der Waals surface area contributed by atoms with Gasteiger partial charge in [-0.25, -0.2) is 0 Å². The summed E-state index contributed by atoms with van der Waals surface area (Å²) in [5, 5.41) is 9.99. The Kier molecular flexibility index (Phi) is 6.87. The van der Waals surface area contributed by atoms with Crippen LogP contribution in [0, 0.1) is 0 Å². The van der Waals surface area contributed by atoms with Crippen LogP contribution in [0.5, 0.6) is 0 Å². The highest BCUT2D eigenvalue weighted by Gasteiger charge is 2.28. The van der Waals surface area contributed by atoms with Crippen molar-refractivity contribution in [3.63, 3.8) is 0 Å². The van der Waals surface area contributed by atoms with Gasteiger partial charge in [0.25, 0.3) is 0 Å². The Morgan fingerprint density at radius 2 is 1.79 bits per heavy atom. The summed E-state index contributed by atoms with van der Waals surface area (Å²) in [5.74, 6) is -2.46. The molecule has 0 saturated heterocycles. The zero-order valence-electron chi connectivity index (χ0n) is 10.3. The fourth-order valence-electron chi connectivity index (χ4n) is 1.14. The van der Waals surface area contributed by atoms with Crippen molar-refractivity contribution < 1.29 is 32.7 Å². The van der Waals surface area contributed by atoms with E-state index in [1.54, 1.807) is 5.32 Å². The summed E-state index contributed by atoms with van der Waals surface area (Å²) in [7, 11) is 1.26. The lowest BCUT2D eigenvalue weighted by Crippen LogP contribution is -2.41. The van der Waals surface area contributed by atoms with Crippen molar-refractivity contribution in [2.75, 3.05) is 20.1 Å². The first-order valence-electron chi connectivity index (χ1n) is 5.41. The molecule has 0 heterocycles. The molecule has 0 atom stereocenters. The van der Waals surface area contributed by atoms with Gasteiger partial charge in [0.1, 0.15) is 6.54 Å². The molecule has 6 nitrogen and oxygen atoms in total. The van der Waals surface area contributed by atoms with Crippen molar-refractivity contribution in [3.8, 4) is 0 Å². The summed E-state index contributed by atoms with van der Waals surface area (Å²) in [4.78, 5) is 33.6. The molecule has 2 N–H and O–H groups in total. The van der Waals surface area contributed by atoms with Crippen molar-refractivity contribution in [3.05, 3.63) is 0 Å². The van der Waals surface area contributed by atoms with Crippen LogP contribution in [0.4, 0.5) is 13.2 Å². The number of hydrogen-bond donors (Lipinski definition) is 2. The molecule has 0 spiro atoms. The molecule has 19 heavy (non-hydrogen) atoms. The molecule has 110 valence electrons. The second kappa shape index (κ2) is 7.59. The first-order valence-corrected chi connectivity index (χ1v) is 5.41. The van der Waals surface area contributed by atoms with Gasteiger partial charge in [0, 0.05) is 19.9 Å². The minimum atomic E-state index is -4.50. The Balaban J connectivity index is 3.94. The zero-order chi connectivity index (χ0) is 15.1. The quantitative estimate of drug-likeness (QED) is 0.707. The van der Waals surface area contributed by atoms with Crippen LogP contribution in [0.2, 0.25) is 0 Å². The van der Waals surface area contributed by atoms with Crippen molar-refractivity contribution in [2.24, 2.45) is 0 Å². The highest BCUT2D eigenvalue weighted by molar-refractivity contribution is 5.84. The number of carboxylic acids is 1. The summed E-state index contributed by atoms with van der Waals surface area (Å²) in [5.41, 5.74) is 0. The van der Waals surface area contributed by atoms with Gasteiger partial charge < -0.3 is 15.3 Å². The standard InChI is InChI=1S/C10H15F3N2O4/c1-15(8(17)3-2-4-9(18)19)5-7(16)14-6-10(11,12)13/h2-6H2,1H3,(H,14,16)(H,18,19). The number of hydrogen-bond acceptors (Lipinski definition) is 3. The lowest BCUT2D eigenvalue weighted by atomic mass is 10.2. The smallest absolute Gasteiger partial charge is 0.405 e. The van der Waals surface area contributed by atoms with Crippen molar-refractivity contribution >= 4 is 17.8 Å². The number of likely N-dealkylation sites (N-methyl/N-ethyl adjacent to an activating group) is 1. The molecule has 0 fully saturated rings.